The Hall–Kier alpha value is -2.35. The number of amides is 1. The maximum absolute atomic E-state index is 12.1. The highest BCUT2D eigenvalue weighted by Crippen LogP contribution is 2.17. The fourth-order valence-electron chi connectivity index (χ4n) is 1.83. The van der Waals surface area contributed by atoms with Crippen LogP contribution in [-0.4, -0.2) is 30.5 Å². The Morgan fingerprint density at radius 3 is 2.80 bits per heavy atom. The van der Waals surface area contributed by atoms with Gasteiger partial charge < -0.3 is 0 Å². The van der Waals surface area contributed by atoms with Crippen LogP contribution < -0.4 is 5.32 Å². The van der Waals surface area contributed by atoms with Gasteiger partial charge in [-0.2, -0.15) is 4.98 Å². The predicted octanol–water partition coefficient (Wildman–Crippen LogP) is 1.76. The van der Waals surface area contributed by atoms with Crippen LogP contribution in [0.3, 0.4) is 0 Å². The number of nitrogens with one attached hydrogen (secondary N) is 1. The lowest BCUT2D eigenvalue weighted by Crippen LogP contribution is -2.13. The van der Waals surface area contributed by atoms with Crippen molar-refractivity contribution in [1.82, 2.24) is 24.6 Å². The molecule has 0 atom stereocenters. The summed E-state index contributed by atoms with van der Waals surface area (Å²) in [6, 6.07) is 1.88. The molecule has 0 saturated heterocycles. The first-order chi connectivity index (χ1) is 9.52. The quantitative estimate of drug-likeness (QED) is 0.776. The van der Waals surface area contributed by atoms with Crippen molar-refractivity contribution in [2.24, 2.45) is 0 Å². The van der Waals surface area contributed by atoms with Gasteiger partial charge in [-0.3, -0.25) is 10.1 Å². The van der Waals surface area contributed by atoms with E-state index in [9.17, 15) is 4.79 Å². The molecule has 0 fully saturated rings. The molecule has 0 bridgehead atoms. The number of hydrogen-bond acceptors (Lipinski definition) is 6. The van der Waals surface area contributed by atoms with Gasteiger partial charge in [0.25, 0.3) is 11.7 Å². The summed E-state index contributed by atoms with van der Waals surface area (Å²) in [4.78, 5) is 25.6. The molecule has 0 aliphatic rings. The zero-order chi connectivity index (χ0) is 14.3. The summed E-state index contributed by atoms with van der Waals surface area (Å²) in [6.07, 6.45) is 1.70. The summed E-state index contributed by atoms with van der Waals surface area (Å²) in [5.74, 6) is 0.115. The van der Waals surface area contributed by atoms with E-state index in [2.05, 4.69) is 25.4 Å². The van der Waals surface area contributed by atoms with Crippen LogP contribution >= 0.6 is 11.3 Å². The second-order valence-electron chi connectivity index (χ2n) is 4.42. The van der Waals surface area contributed by atoms with Crippen molar-refractivity contribution in [2.75, 3.05) is 5.32 Å². The van der Waals surface area contributed by atoms with E-state index in [0.29, 0.717) is 10.9 Å². The third kappa shape index (κ3) is 2.25. The molecule has 3 rings (SSSR count). The van der Waals surface area contributed by atoms with Crippen molar-refractivity contribution in [3.63, 3.8) is 0 Å². The van der Waals surface area contributed by atoms with Gasteiger partial charge in [-0.1, -0.05) is 0 Å². The molecule has 1 N–H and O–H groups in total. The van der Waals surface area contributed by atoms with Crippen molar-refractivity contribution >= 4 is 28.2 Å². The van der Waals surface area contributed by atoms with Gasteiger partial charge in [-0.25, -0.2) is 14.5 Å². The summed E-state index contributed by atoms with van der Waals surface area (Å²) in [7, 11) is 0. The lowest BCUT2D eigenvalue weighted by Gasteiger charge is -1.97. The molecule has 0 aliphatic heterocycles. The summed E-state index contributed by atoms with van der Waals surface area (Å²) < 4.78 is 1.55. The second-order valence-corrected chi connectivity index (χ2v) is 5.65. The van der Waals surface area contributed by atoms with Gasteiger partial charge in [-0.05, 0) is 26.8 Å². The van der Waals surface area contributed by atoms with E-state index in [0.717, 1.165) is 16.3 Å². The molecule has 3 aromatic heterocycles. The van der Waals surface area contributed by atoms with E-state index in [-0.39, 0.29) is 11.7 Å². The first-order valence-electron chi connectivity index (χ1n) is 5.98. The normalized spacial score (nSPS) is 10.9. The van der Waals surface area contributed by atoms with Gasteiger partial charge in [0.2, 0.25) is 5.82 Å². The lowest BCUT2D eigenvalue weighted by molar-refractivity contribution is 0.101. The van der Waals surface area contributed by atoms with E-state index < -0.39 is 0 Å². The SMILES string of the molecule is Cc1cc(C)n2nc(C(=O)Nc3ncc(C)s3)nc2n1. The van der Waals surface area contributed by atoms with Gasteiger partial charge in [0.1, 0.15) is 0 Å². The molecule has 0 aromatic carbocycles. The Morgan fingerprint density at radius 2 is 2.10 bits per heavy atom. The van der Waals surface area contributed by atoms with Gasteiger partial charge in [-0.15, -0.1) is 16.4 Å². The Bertz CT molecular complexity index is 805. The third-order valence-electron chi connectivity index (χ3n) is 2.66. The molecule has 0 spiro atoms. The first-order valence-corrected chi connectivity index (χ1v) is 6.79. The van der Waals surface area contributed by atoms with Crippen molar-refractivity contribution in [3.05, 3.63) is 34.4 Å². The van der Waals surface area contributed by atoms with Crippen LogP contribution in [-0.2, 0) is 0 Å². The number of nitrogens with zero attached hydrogens (tertiary/aromatic N) is 5. The fraction of sp³-hybridized carbons (Fsp3) is 0.250. The largest absolute Gasteiger partial charge is 0.297 e. The van der Waals surface area contributed by atoms with Crippen LogP contribution in [0.4, 0.5) is 5.13 Å². The van der Waals surface area contributed by atoms with Crippen LogP contribution in [0.25, 0.3) is 5.78 Å². The van der Waals surface area contributed by atoms with E-state index in [1.54, 1.807) is 10.7 Å². The summed E-state index contributed by atoms with van der Waals surface area (Å²) in [6.45, 7) is 5.69. The number of anilines is 1. The predicted molar refractivity (Wildman–Crippen MR) is 75.1 cm³/mol. The topological polar surface area (TPSA) is 85.1 Å². The number of fused-ring (bicyclic) bond motifs is 1. The van der Waals surface area contributed by atoms with E-state index in [1.807, 2.05) is 26.8 Å². The molecule has 0 radical (unpaired) electrons. The number of aromatic nitrogens is 5. The van der Waals surface area contributed by atoms with Crippen LogP contribution in [0, 0.1) is 20.8 Å². The maximum atomic E-state index is 12.1. The Balaban J connectivity index is 1.94. The maximum Gasteiger partial charge on any atom is 0.297 e. The molecule has 1 amide bonds. The summed E-state index contributed by atoms with van der Waals surface area (Å²) in [5.41, 5.74) is 1.72. The highest BCUT2D eigenvalue weighted by molar-refractivity contribution is 7.15. The van der Waals surface area contributed by atoms with Gasteiger partial charge in [0.05, 0.1) is 0 Å². The average molecular weight is 288 g/mol. The van der Waals surface area contributed by atoms with Crippen LogP contribution in [0.15, 0.2) is 12.3 Å². The molecule has 102 valence electrons. The Morgan fingerprint density at radius 1 is 1.30 bits per heavy atom. The Labute approximate surface area is 118 Å². The molecule has 0 unspecified atom stereocenters. The van der Waals surface area contributed by atoms with E-state index in [1.165, 1.54) is 11.3 Å². The molecule has 7 nitrogen and oxygen atoms in total. The zero-order valence-electron chi connectivity index (χ0n) is 11.2. The summed E-state index contributed by atoms with van der Waals surface area (Å²) in [5, 5.41) is 7.38. The number of aryl methyl sites for hydroxylation is 3. The van der Waals surface area contributed by atoms with Crippen molar-refractivity contribution in [3.8, 4) is 0 Å². The fourth-order valence-corrected chi connectivity index (χ4v) is 2.49. The summed E-state index contributed by atoms with van der Waals surface area (Å²) >= 11 is 1.40. The second kappa shape index (κ2) is 4.64. The van der Waals surface area contributed by atoms with Crippen molar-refractivity contribution < 1.29 is 4.79 Å². The molecular weight excluding hydrogens is 276 g/mol. The highest BCUT2D eigenvalue weighted by atomic mass is 32.1. The number of carbonyl (C=O) groups is 1. The third-order valence-corrected chi connectivity index (χ3v) is 3.49. The molecule has 0 aliphatic carbocycles. The smallest absolute Gasteiger partial charge is 0.295 e. The van der Waals surface area contributed by atoms with Gasteiger partial charge in [0.15, 0.2) is 5.13 Å². The highest BCUT2D eigenvalue weighted by Gasteiger charge is 2.16. The molecule has 0 saturated carbocycles. The molecule has 3 aromatic rings. The zero-order valence-corrected chi connectivity index (χ0v) is 12.0. The molecular formula is C12H12N6OS. The van der Waals surface area contributed by atoms with Crippen LogP contribution in [0.1, 0.15) is 26.9 Å². The van der Waals surface area contributed by atoms with E-state index >= 15 is 0 Å². The monoisotopic (exact) mass is 288 g/mol. The minimum atomic E-state index is -0.387. The van der Waals surface area contributed by atoms with Gasteiger partial charge >= 0.3 is 0 Å². The number of thiazole rings is 1. The minimum absolute atomic E-state index is 0.0825. The number of carbonyl (C=O) groups excluding carboxylic acids is 1. The van der Waals surface area contributed by atoms with Crippen molar-refractivity contribution in [2.45, 2.75) is 20.8 Å². The number of rotatable bonds is 2. The van der Waals surface area contributed by atoms with Crippen LogP contribution in [0.2, 0.25) is 0 Å². The van der Waals surface area contributed by atoms with E-state index in [4.69, 9.17) is 0 Å². The minimum Gasteiger partial charge on any atom is -0.295 e. The molecule has 20 heavy (non-hydrogen) atoms. The van der Waals surface area contributed by atoms with Crippen LogP contribution in [0.5, 0.6) is 0 Å². The van der Waals surface area contributed by atoms with Gasteiger partial charge in [0, 0.05) is 22.5 Å². The Kier molecular flexibility index (Phi) is 2.94. The number of hydrogen-bond donors (Lipinski definition) is 1. The molecule has 8 heteroatoms. The lowest BCUT2D eigenvalue weighted by atomic mass is 10.4. The average Bonchev–Trinajstić information content (AvgIpc) is 2.95. The standard InChI is InChI=1S/C12H12N6OS/c1-6-4-7(2)18-11(14-6)15-9(17-18)10(19)16-12-13-5-8(3)20-12/h4-5H,1-3H3,(H,13,16,19). The van der Waals surface area contributed by atoms with Crippen molar-refractivity contribution in [1.29, 1.82) is 0 Å². The molecule has 3 heterocycles. The first kappa shape index (κ1) is 12.7.